The van der Waals surface area contributed by atoms with E-state index >= 15 is 0 Å². The molecule has 0 unspecified atom stereocenters. The maximum absolute atomic E-state index is 12.1. The Morgan fingerprint density at radius 2 is 1.79 bits per heavy atom. The monoisotopic (exact) mass is 260 g/mol. The molecular formula is C14H16N2O3. The third-order valence-electron chi connectivity index (χ3n) is 3.07. The first kappa shape index (κ1) is 13.3. The normalized spacial score (nSPS) is 14.9. The molecule has 0 bridgehead atoms. The lowest BCUT2D eigenvalue weighted by molar-refractivity contribution is -0.121. The molecule has 0 aromatic heterocycles. The van der Waals surface area contributed by atoms with E-state index in [1.165, 1.54) is 18.7 Å². The van der Waals surface area contributed by atoms with E-state index in [4.69, 9.17) is 0 Å². The number of anilines is 2. The minimum atomic E-state index is -0.133. The van der Waals surface area contributed by atoms with Crippen LogP contribution in [0, 0.1) is 0 Å². The standard InChI is InChI=1S/C14H16N2O3/c1-10(17)9-16-13-6-4-3-5-12(13)15(11(2)18)8-7-14(16)19/h3-6H,7-9H2,1-2H3. The molecule has 100 valence electrons. The Morgan fingerprint density at radius 3 is 2.37 bits per heavy atom. The lowest BCUT2D eigenvalue weighted by atomic mass is 10.2. The van der Waals surface area contributed by atoms with E-state index in [0.717, 1.165) is 0 Å². The highest BCUT2D eigenvalue weighted by Gasteiger charge is 2.28. The molecule has 2 rings (SSSR count). The summed E-state index contributed by atoms with van der Waals surface area (Å²) in [7, 11) is 0. The van der Waals surface area contributed by atoms with Crippen LogP contribution in [0.3, 0.4) is 0 Å². The molecule has 0 aliphatic carbocycles. The molecule has 1 aliphatic rings. The first-order valence-corrected chi connectivity index (χ1v) is 6.17. The maximum atomic E-state index is 12.1. The molecule has 1 aliphatic heterocycles. The minimum Gasteiger partial charge on any atom is -0.310 e. The molecule has 0 saturated heterocycles. The fraction of sp³-hybridized carbons (Fsp3) is 0.357. The van der Waals surface area contributed by atoms with Crippen molar-refractivity contribution in [3.63, 3.8) is 0 Å². The van der Waals surface area contributed by atoms with E-state index in [-0.39, 0.29) is 30.6 Å². The molecule has 0 N–H and O–H groups in total. The molecule has 19 heavy (non-hydrogen) atoms. The molecule has 2 amide bonds. The largest absolute Gasteiger partial charge is 0.310 e. The number of amides is 2. The van der Waals surface area contributed by atoms with Gasteiger partial charge in [-0.2, -0.15) is 0 Å². The van der Waals surface area contributed by atoms with Crippen LogP contribution in [0.1, 0.15) is 20.3 Å². The average molecular weight is 260 g/mol. The van der Waals surface area contributed by atoms with Gasteiger partial charge < -0.3 is 9.80 Å². The molecule has 1 aromatic rings. The van der Waals surface area contributed by atoms with Crippen LogP contribution in [0.5, 0.6) is 0 Å². The Kier molecular flexibility index (Phi) is 3.64. The SMILES string of the molecule is CC(=O)CN1C(=O)CCN(C(C)=O)c2ccccc21. The van der Waals surface area contributed by atoms with Crippen molar-refractivity contribution in [3.8, 4) is 0 Å². The zero-order valence-electron chi connectivity index (χ0n) is 11.0. The molecular weight excluding hydrogens is 244 g/mol. The van der Waals surface area contributed by atoms with Gasteiger partial charge in [0, 0.05) is 19.9 Å². The summed E-state index contributed by atoms with van der Waals surface area (Å²) < 4.78 is 0. The second kappa shape index (κ2) is 5.22. The van der Waals surface area contributed by atoms with Gasteiger partial charge >= 0.3 is 0 Å². The molecule has 1 aromatic carbocycles. The molecule has 0 spiro atoms. The zero-order chi connectivity index (χ0) is 14.0. The average Bonchev–Trinajstić information content (AvgIpc) is 2.48. The van der Waals surface area contributed by atoms with Crippen LogP contribution in [0.2, 0.25) is 0 Å². The Hall–Kier alpha value is -2.17. The van der Waals surface area contributed by atoms with Gasteiger partial charge in [-0.3, -0.25) is 14.4 Å². The molecule has 5 heteroatoms. The van der Waals surface area contributed by atoms with Crippen molar-refractivity contribution in [2.24, 2.45) is 0 Å². The number of fused-ring (bicyclic) bond motifs is 1. The van der Waals surface area contributed by atoms with E-state index < -0.39 is 0 Å². The molecule has 0 saturated carbocycles. The number of ketones is 1. The van der Waals surface area contributed by atoms with Crippen LogP contribution >= 0.6 is 0 Å². The van der Waals surface area contributed by atoms with Gasteiger partial charge in [0.25, 0.3) is 0 Å². The fourth-order valence-electron chi connectivity index (χ4n) is 2.24. The summed E-state index contributed by atoms with van der Waals surface area (Å²) in [6.45, 7) is 3.31. The maximum Gasteiger partial charge on any atom is 0.229 e. The van der Waals surface area contributed by atoms with Crippen LogP contribution < -0.4 is 9.80 Å². The van der Waals surface area contributed by atoms with Crippen LogP contribution in [-0.2, 0) is 14.4 Å². The van der Waals surface area contributed by atoms with E-state index in [1.807, 2.05) is 6.07 Å². The lowest BCUT2D eigenvalue weighted by Gasteiger charge is -2.24. The van der Waals surface area contributed by atoms with Gasteiger partial charge in [-0.25, -0.2) is 0 Å². The number of hydrogen-bond acceptors (Lipinski definition) is 3. The minimum absolute atomic E-state index is 0.0432. The van der Waals surface area contributed by atoms with E-state index in [0.29, 0.717) is 17.9 Å². The van der Waals surface area contributed by atoms with Gasteiger partial charge in [-0.1, -0.05) is 12.1 Å². The zero-order valence-corrected chi connectivity index (χ0v) is 11.0. The first-order valence-electron chi connectivity index (χ1n) is 6.17. The number of carbonyl (C=O) groups is 3. The highest BCUT2D eigenvalue weighted by molar-refractivity contribution is 6.06. The topological polar surface area (TPSA) is 57.7 Å². The van der Waals surface area contributed by atoms with Gasteiger partial charge in [0.05, 0.1) is 17.9 Å². The van der Waals surface area contributed by atoms with Gasteiger partial charge in [0.2, 0.25) is 11.8 Å². The number of carbonyl (C=O) groups excluding carboxylic acids is 3. The van der Waals surface area contributed by atoms with E-state index in [2.05, 4.69) is 0 Å². The van der Waals surface area contributed by atoms with Crippen molar-refractivity contribution < 1.29 is 14.4 Å². The van der Waals surface area contributed by atoms with Crippen LogP contribution in [0.25, 0.3) is 0 Å². The van der Waals surface area contributed by atoms with Gasteiger partial charge in [0.1, 0.15) is 5.78 Å². The summed E-state index contributed by atoms with van der Waals surface area (Å²) in [4.78, 5) is 38.2. The predicted molar refractivity (Wildman–Crippen MR) is 72.1 cm³/mol. The fourth-order valence-corrected chi connectivity index (χ4v) is 2.24. The lowest BCUT2D eigenvalue weighted by Crippen LogP contribution is -2.34. The smallest absolute Gasteiger partial charge is 0.229 e. The number of benzene rings is 1. The number of Topliss-reactive ketones (excluding diaryl/α,β-unsaturated/α-hetero) is 1. The molecule has 0 atom stereocenters. The van der Waals surface area contributed by atoms with Crippen LogP contribution in [-0.4, -0.2) is 30.7 Å². The Balaban J connectivity index is 2.51. The summed E-state index contributed by atoms with van der Waals surface area (Å²) in [5.74, 6) is -0.323. The van der Waals surface area contributed by atoms with Crippen molar-refractivity contribution in [2.75, 3.05) is 22.9 Å². The molecule has 0 fully saturated rings. The second-order valence-corrected chi connectivity index (χ2v) is 4.59. The molecule has 1 heterocycles. The van der Waals surface area contributed by atoms with Gasteiger partial charge in [0.15, 0.2) is 0 Å². The number of nitrogens with zero attached hydrogens (tertiary/aromatic N) is 2. The molecule has 0 radical (unpaired) electrons. The predicted octanol–water partition coefficient (Wildman–Crippen LogP) is 1.37. The highest BCUT2D eigenvalue weighted by Crippen LogP contribution is 2.32. The van der Waals surface area contributed by atoms with E-state index in [9.17, 15) is 14.4 Å². The van der Waals surface area contributed by atoms with Crippen molar-refractivity contribution in [3.05, 3.63) is 24.3 Å². The third-order valence-corrected chi connectivity index (χ3v) is 3.07. The van der Waals surface area contributed by atoms with E-state index in [1.54, 1.807) is 23.1 Å². The Morgan fingerprint density at radius 1 is 1.16 bits per heavy atom. The number of hydrogen-bond donors (Lipinski definition) is 0. The van der Waals surface area contributed by atoms with Gasteiger partial charge in [-0.15, -0.1) is 0 Å². The van der Waals surface area contributed by atoms with Crippen molar-refractivity contribution in [2.45, 2.75) is 20.3 Å². The summed E-state index contributed by atoms with van der Waals surface area (Å²) in [5, 5.41) is 0. The van der Waals surface area contributed by atoms with Gasteiger partial charge in [-0.05, 0) is 19.1 Å². The van der Waals surface area contributed by atoms with Crippen molar-refractivity contribution in [1.82, 2.24) is 0 Å². The van der Waals surface area contributed by atoms with Crippen LogP contribution in [0.4, 0.5) is 11.4 Å². The second-order valence-electron chi connectivity index (χ2n) is 4.59. The highest BCUT2D eigenvalue weighted by atomic mass is 16.2. The number of rotatable bonds is 2. The summed E-state index contributed by atoms with van der Waals surface area (Å²) in [6, 6.07) is 7.17. The Bertz CT molecular complexity index is 539. The van der Waals surface area contributed by atoms with Crippen molar-refractivity contribution in [1.29, 1.82) is 0 Å². The quantitative estimate of drug-likeness (QED) is 0.807. The third kappa shape index (κ3) is 2.65. The molecule has 5 nitrogen and oxygen atoms in total. The Labute approximate surface area is 111 Å². The first-order chi connectivity index (χ1) is 9.00. The summed E-state index contributed by atoms with van der Waals surface area (Å²) in [6.07, 6.45) is 0.224. The summed E-state index contributed by atoms with van der Waals surface area (Å²) >= 11 is 0. The summed E-state index contributed by atoms with van der Waals surface area (Å²) in [5.41, 5.74) is 1.30. The van der Waals surface area contributed by atoms with Crippen LogP contribution in [0.15, 0.2) is 24.3 Å². The van der Waals surface area contributed by atoms with Crippen molar-refractivity contribution >= 4 is 29.0 Å². The number of para-hydroxylation sites is 2.